The third kappa shape index (κ3) is 2.82. The fourth-order valence-electron chi connectivity index (χ4n) is 1.58. The second-order valence-electron chi connectivity index (χ2n) is 5.29. The highest BCUT2D eigenvalue weighted by atomic mass is 35.5. The van der Waals surface area contributed by atoms with Crippen molar-refractivity contribution in [2.75, 3.05) is 0 Å². The van der Waals surface area contributed by atoms with Crippen LogP contribution >= 0.6 is 11.6 Å². The van der Waals surface area contributed by atoms with E-state index in [1.165, 1.54) is 18.3 Å². The number of benzene rings is 1. The van der Waals surface area contributed by atoms with Crippen molar-refractivity contribution in [2.45, 2.75) is 31.1 Å². The maximum atomic E-state index is 12.4. The van der Waals surface area contributed by atoms with E-state index in [-0.39, 0.29) is 10.3 Å². The van der Waals surface area contributed by atoms with Crippen molar-refractivity contribution in [2.24, 2.45) is 0 Å². The first-order valence-electron chi connectivity index (χ1n) is 5.78. The van der Waals surface area contributed by atoms with Gasteiger partial charge in [0.05, 0.1) is 10.6 Å². The Bertz CT molecular complexity index is 699. The van der Waals surface area contributed by atoms with Gasteiger partial charge in [-0.15, -0.1) is 0 Å². The minimum Gasteiger partial charge on any atom is -0.199 e. The SMILES string of the molecule is CC(C)(C)c1ccn(S(=O)(=O)c2cccc(Cl)c2)n1. The van der Waals surface area contributed by atoms with Gasteiger partial charge in [-0.05, 0) is 24.3 Å². The molecular weight excluding hydrogens is 284 g/mol. The van der Waals surface area contributed by atoms with Crippen molar-refractivity contribution in [1.29, 1.82) is 0 Å². The summed E-state index contributed by atoms with van der Waals surface area (Å²) in [5.74, 6) is 0. The molecule has 0 saturated carbocycles. The van der Waals surface area contributed by atoms with Crippen LogP contribution in [0.5, 0.6) is 0 Å². The van der Waals surface area contributed by atoms with Gasteiger partial charge in [0, 0.05) is 16.6 Å². The van der Waals surface area contributed by atoms with Gasteiger partial charge in [-0.25, -0.2) is 0 Å². The predicted molar refractivity (Wildman–Crippen MR) is 75.0 cm³/mol. The van der Waals surface area contributed by atoms with Crippen molar-refractivity contribution >= 4 is 21.6 Å². The molecule has 2 aromatic rings. The lowest BCUT2D eigenvalue weighted by molar-refractivity contribution is 0.552. The Morgan fingerprint density at radius 3 is 2.42 bits per heavy atom. The molecule has 0 unspecified atom stereocenters. The Kier molecular flexibility index (Phi) is 3.45. The Balaban J connectivity index is 2.49. The Morgan fingerprint density at radius 1 is 1.21 bits per heavy atom. The van der Waals surface area contributed by atoms with Crippen LogP contribution in [0.1, 0.15) is 26.5 Å². The van der Waals surface area contributed by atoms with Gasteiger partial charge in [-0.3, -0.25) is 0 Å². The van der Waals surface area contributed by atoms with Gasteiger partial charge < -0.3 is 0 Å². The molecule has 0 aliphatic rings. The molecule has 0 aliphatic carbocycles. The van der Waals surface area contributed by atoms with Crippen molar-refractivity contribution in [3.63, 3.8) is 0 Å². The molecule has 4 nitrogen and oxygen atoms in total. The van der Waals surface area contributed by atoms with E-state index < -0.39 is 10.0 Å². The monoisotopic (exact) mass is 298 g/mol. The van der Waals surface area contributed by atoms with Crippen LogP contribution in [0.25, 0.3) is 0 Å². The summed E-state index contributed by atoms with van der Waals surface area (Å²) < 4.78 is 25.7. The first kappa shape index (κ1) is 14.1. The summed E-state index contributed by atoms with van der Waals surface area (Å²) in [6, 6.07) is 7.85. The minimum atomic E-state index is -3.68. The fourth-order valence-corrected chi connectivity index (χ4v) is 2.99. The molecule has 0 fully saturated rings. The molecule has 0 spiro atoms. The molecule has 0 N–H and O–H groups in total. The molecule has 19 heavy (non-hydrogen) atoms. The standard InChI is InChI=1S/C13H15ClN2O2S/c1-13(2,3)12-7-8-16(15-12)19(17,18)11-6-4-5-10(14)9-11/h4-9H,1-3H3. The second-order valence-corrected chi connectivity index (χ2v) is 7.52. The molecule has 1 aromatic heterocycles. The lowest BCUT2D eigenvalue weighted by atomic mass is 9.93. The molecular formula is C13H15ClN2O2S. The van der Waals surface area contributed by atoms with Gasteiger partial charge in [0.2, 0.25) is 0 Å². The van der Waals surface area contributed by atoms with E-state index in [4.69, 9.17) is 11.6 Å². The van der Waals surface area contributed by atoms with E-state index in [1.807, 2.05) is 20.8 Å². The van der Waals surface area contributed by atoms with Crippen molar-refractivity contribution in [3.8, 4) is 0 Å². The van der Waals surface area contributed by atoms with Gasteiger partial charge in [0.25, 0.3) is 10.0 Å². The van der Waals surface area contributed by atoms with Gasteiger partial charge in [-0.2, -0.15) is 17.6 Å². The summed E-state index contributed by atoms with van der Waals surface area (Å²) in [6.07, 6.45) is 1.46. The van der Waals surface area contributed by atoms with E-state index in [0.29, 0.717) is 5.02 Å². The summed E-state index contributed by atoms with van der Waals surface area (Å²) in [5.41, 5.74) is 0.521. The maximum absolute atomic E-state index is 12.4. The largest absolute Gasteiger partial charge is 0.283 e. The molecule has 0 atom stereocenters. The fraction of sp³-hybridized carbons (Fsp3) is 0.308. The molecule has 1 aromatic carbocycles. The average Bonchev–Trinajstić information content (AvgIpc) is 2.78. The average molecular weight is 299 g/mol. The van der Waals surface area contributed by atoms with Crippen molar-refractivity contribution in [3.05, 3.63) is 47.2 Å². The van der Waals surface area contributed by atoms with Crippen LogP contribution in [-0.4, -0.2) is 17.6 Å². The van der Waals surface area contributed by atoms with Gasteiger partial charge >= 0.3 is 0 Å². The Hall–Kier alpha value is -1.33. The summed E-state index contributed by atoms with van der Waals surface area (Å²) in [5, 5.41) is 4.52. The van der Waals surface area contributed by atoms with Gasteiger partial charge in [-0.1, -0.05) is 38.4 Å². The van der Waals surface area contributed by atoms with Gasteiger partial charge in [0.15, 0.2) is 0 Å². The number of aromatic nitrogens is 2. The second kappa shape index (κ2) is 4.65. The number of hydrogen-bond acceptors (Lipinski definition) is 3. The molecule has 0 radical (unpaired) electrons. The minimum absolute atomic E-state index is 0.128. The predicted octanol–water partition coefficient (Wildman–Crippen LogP) is 3.07. The van der Waals surface area contributed by atoms with E-state index in [2.05, 4.69) is 5.10 Å². The molecule has 0 amide bonds. The number of hydrogen-bond donors (Lipinski definition) is 0. The molecule has 2 rings (SSSR count). The quantitative estimate of drug-likeness (QED) is 0.856. The zero-order chi connectivity index (χ0) is 14.3. The van der Waals surface area contributed by atoms with Crippen molar-refractivity contribution < 1.29 is 8.42 Å². The molecule has 0 bridgehead atoms. The molecule has 102 valence electrons. The van der Waals surface area contributed by atoms with Crippen LogP contribution in [0.15, 0.2) is 41.4 Å². The maximum Gasteiger partial charge on any atom is 0.283 e. The van der Waals surface area contributed by atoms with E-state index in [0.717, 1.165) is 9.78 Å². The lowest BCUT2D eigenvalue weighted by Crippen LogP contribution is -2.17. The summed E-state index contributed by atoms with van der Waals surface area (Å²) >= 11 is 5.82. The number of nitrogens with zero attached hydrogens (tertiary/aromatic N) is 2. The van der Waals surface area contributed by atoms with Crippen LogP contribution in [-0.2, 0) is 15.4 Å². The molecule has 1 heterocycles. The lowest BCUT2D eigenvalue weighted by Gasteiger charge is -2.14. The summed E-state index contributed by atoms with van der Waals surface area (Å²) in [4.78, 5) is 0.128. The van der Waals surface area contributed by atoms with E-state index >= 15 is 0 Å². The topological polar surface area (TPSA) is 52.0 Å². The van der Waals surface area contributed by atoms with E-state index in [1.54, 1.807) is 18.2 Å². The first-order chi connectivity index (χ1) is 8.71. The zero-order valence-corrected chi connectivity index (χ0v) is 12.5. The highest BCUT2D eigenvalue weighted by Crippen LogP contribution is 2.22. The van der Waals surface area contributed by atoms with E-state index in [9.17, 15) is 8.42 Å². The molecule has 0 saturated heterocycles. The first-order valence-corrected chi connectivity index (χ1v) is 7.60. The number of halogens is 1. The van der Waals surface area contributed by atoms with Crippen LogP contribution in [0.4, 0.5) is 0 Å². The smallest absolute Gasteiger partial charge is 0.199 e. The summed E-state index contributed by atoms with van der Waals surface area (Å²) in [6.45, 7) is 5.93. The van der Waals surface area contributed by atoms with Crippen molar-refractivity contribution in [1.82, 2.24) is 9.19 Å². The van der Waals surface area contributed by atoms with Gasteiger partial charge in [0.1, 0.15) is 0 Å². The Morgan fingerprint density at radius 2 is 1.89 bits per heavy atom. The van der Waals surface area contributed by atoms with Crippen LogP contribution in [0.3, 0.4) is 0 Å². The van der Waals surface area contributed by atoms with Crippen LogP contribution in [0, 0.1) is 0 Å². The summed E-state index contributed by atoms with van der Waals surface area (Å²) in [7, 11) is -3.68. The normalized spacial score (nSPS) is 12.6. The van der Waals surface area contributed by atoms with Crippen LogP contribution in [0.2, 0.25) is 5.02 Å². The third-order valence-electron chi connectivity index (χ3n) is 2.67. The highest BCUT2D eigenvalue weighted by Gasteiger charge is 2.22. The zero-order valence-electron chi connectivity index (χ0n) is 11.0. The molecule has 0 aliphatic heterocycles. The molecule has 6 heteroatoms. The Labute approximate surface area is 118 Å². The highest BCUT2D eigenvalue weighted by molar-refractivity contribution is 7.89. The third-order valence-corrected chi connectivity index (χ3v) is 4.46. The number of rotatable bonds is 2. The van der Waals surface area contributed by atoms with Crippen LogP contribution < -0.4 is 0 Å².